The highest BCUT2D eigenvalue weighted by Crippen LogP contribution is 2.31. The third-order valence-corrected chi connectivity index (χ3v) is 6.24. The number of anilines is 1. The highest BCUT2D eigenvalue weighted by atomic mass is 16.5. The molecule has 1 aliphatic rings. The number of fused-ring (bicyclic) bond motifs is 1. The van der Waals surface area contributed by atoms with Crippen molar-refractivity contribution < 1.29 is 19.1 Å². The van der Waals surface area contributed by atoms with Gasteiger partial charge in [0.25, 0.3) is 5.91 Å². The molecular weight excluding hydrogens is 476 g/mol. The number of primary amides is 1. The number of ether oxygens (including phenoxy) is 1. The second-order valence-corrected chi connectivity index (χ2v) is 8.96. The molecule has 12 nitrogen and oxygen atoms in total. The maximum atomic E-state index is 13.1. The van der Waals surface area contributed by atoms with Gasteiger partial charge in [0, 0.05) is 44.8 Å². The summed E-state index contributed by atoms with van der Waals surface area (Å²) in [6.07, 6.45) is 0.965. The maximum Gasteiger partial charge on any atom is 0.276 e. The van der Waals surface area contributed by atoms with E-state index in [1.807, 2.05) is 30.2 Å². The van der Waals surface area contributed by atoms with E-state index in [0.717, 1.165) is 25.2 Å². The van der Waals surface area contributed by atoms with Crippen molar-refractivity contribution >= 4 is 34.7 Å². The Morgan fingerprint density at radius 1 is 1.16 bits per heavy atom. The van der Waals surface area contributed by atoms with Crippen LogP contribution in [-0.2, 0) is 17.9 Å². The van der Waals surface area contributed by atoms with Gasteiger partial charge in [0.1, 0.15) is 17.0 Å². The van der Waals surface area contributed by atoms with Crippen molar-refractivity contribution in [2.45, 2.75) is 46.7 Å². The zero-order valence-corrected chi connectivity index (χ0v) is 21.5. The number of imidazole rings is 1. The number of piperazine rings is 1. The number of amides is 3. The normalized spacial score (nSPS) is 13.6. The molecule has 0 aliphatic carbocycles. The third-order valence-electron chi connectivity index (χ3n) is 6.24. The molecule has 1 fully saturated rings. The van der Waals surface area contributed by atoms with Crippen LogP contribution in [0.25, 0.3) is 11.0 Å². The first-order chi connectivity index (χ1) is 17.8. The zero-order chi connectivity index (χ0) is 26.5. The van der Waals surface area contributed by atoms with E-state index in [4.69, 9.17) is 10.5 Å². The van der Waals surface area contributed by atoms with Crippen LogP contribution in [0.3, 0.4) is 0 Å². The van der Waals surface area contributed by atoms with E-state index in [9.17, 15) is 14.4 Å². The van der Waals surface area contributed by atoms with Gasteiger partial charge in [-0.15, -0.1) is 0 Å². The standard InChI is InChI=1S/C25H34N8O4/c1-4-9-32-22-18(28-25(32)29-24(36)19-13-16(3)30-33(19)5-2)14-17(23(26)35)15-20(22)37-12-6-21(34)31-10-7-27-8-11-31/h13-15,27H,4-12H2,1-3H3,(H2,26,35)(H,28,29,36). The highest BCUT2D eigenvalue weighted by molar-refractivity contribution is 6.04. The fraction of sp³-hybridized carbons (Fsp3) is 0.480. The van der Waals surface area contributed by atoms with Gasteiger partial charge in [0.05, 0.1) is 24.2 Å². The number of aromatic nitrogens is 4. The Hall–Kier alpha value is -3.93. The predicted molar refractivity (Wildman–Crippen MR) is 139 cm³/mol. The van der Waals surface area contributed by atoms with Gasteiger partial charge in [-0.1, -0.05) is 6.92 Å². The quantitative estimate of drug-likeness (QED) is 0.374. The van der Waals surface area contributed by atoms with E-state index < -0.39 is 5.91 Å². The largest absolute Gasteiger partial charge is 0.491 e. The molecule has 0 radical (unpaired) electrons. The summed E-state index contributed by atoms with van der Waals surface area (Å²) >= 11 is 0. The van der Waals surface area contributed by atoms with Gasteiger partial charge in [-0.05, 0) is 38.5 Å². The summed E-state index contributed by atoms with van der Waals surface area (Å²) in [5, 5.41) is 10.5. The van der Waals surface area contributed by atoms with Crippen molar-refractivity contribution in [3.63, 3.8) is 0 Å². The Morgan fingerprint density at radius 2 is 1.92 bits per heavy atom. The number of hydrogen-bond donors (Lipinski definition) is 3. The number of benzene rings is 1. The Labute approximate surface area is 215 Å². The van der Waals surface area contributed by atoms with Crippen molar-refractivity contribution in [2.24, 2.45) is 5.73 Å². The summed E-state index contributed by atoms with van der Waals surface area (Å²) in [5.41, 5.74) is 8.05. The molecule has 0 saturated carbocycles. The van der Waals surface area contributed by atoms with Crippen LogP contribution in [-0.4, -0.2) is 74.7 Å². The molecule has 1 aliphatic heterocycles. The second kappa shape index (κ2) is 11.4. The van der Waals surface area contributed by atoms with Crippen molar-refractivity contribution in [1.82, 2.24) is 29.5 Å². The lowest BCUT2D eigenvalue weighted by Gasteiger charge is -2.27. The molecule has 12 heteroatoms. The predicted octanol–water partition coefficient (Wildman–Crippen LogP) is 1.52. The van der Waals surface area contributed by atoms with E-state index in [2.05, 4.69) is 20.7 Å². The summed E-state index contributed by atoms with van der Waals surface area (Å²) in [5.74, 6) is -0.236. The van der Waals surface area contributed by atoms with Gasteiger partial charge in [0.2, 0.25) is 17.8 Å². The number of aryl methyl sites for hydroxylation is 3. The molecule has 2 aromatic heterocycles. The molecule has 3 heterocycles. The third kappa shape index (κ3) is 5.74. The number of carbonyl (C=O) groups is 3. The van der Waals surface area contributed by atoms with Gasteiger partial charge in [-0.3, -0.25) is 24.4 Å². The van der Waals surface area contributed by atoms with E-state index in [0.29, 0.717) is 54.6 Å². The van der Waals surface area contributed by atoms with Crippen LogP contribution >= 0.6 is 0 Å². The maximum absolute atomic E-state index is 13.1. The van der Waals surface area contributed by atoms with E-state index in [1.54, 1.807) is 22.9 Å². The van der Waals surface area contributed by atoms with Crippen LogP contribution in [0, 0.1) is 6.92 Å². The molecule has 1 aromatic carbocycles. The van der Waals surface area contributed by atoms with Crippen LogP contribution in [0.15, 0.2) is 18.2 Å². The van der Waals surface area contributed by atoms with E-state index >= 15 is 0 Å². The number of nitrogens with two attached hydrogens (primary N) is 1. The number of nitrogens with one attached hydrogen (secondary N) is 2. The Morgan fingerprint density at radius 3 is 2.59 bits per heavy atom. The average molecular weight is 511 g/mol. The van der Waals surface area contributed by atoms with Crippen LogP contribution in [0.2, 0.25) is 0 Å². The Balaban J connectivity index is 1.64. The number of carbonyl (C=O) groups excluding carboxylic acids is 3. The van der Waals surface area contributed by atoms with Crippen LogP contribution < -0.4 is 21.1 Å². The van der Waals surface area contributed by atoms with Gasteiger partial charge in [0.15, 0.2) is 0 Å². The topological polar surface area (TPSA) is 149 Å². The molecule has 3 aromatic rings. The second-order valence-electron chi connectivity index (χ2n) is 8.96. The van der Waals surface area contributed by atoms with Crippen LogP contribution in [0.5, 0.6) is 5.75 Å². The smallest absolute Gasteiger partial charge is 0.276 e. The van der Waals surface area contributed by atoms with Crippen molar-refractivity contribution in [3.8, 4) is 5.75 Å². The van der Waals surface area contributed by atoms with Gasteiger partial charge in [-0.2, -0.15) is 5.10 Å². The zero-order valence-electron chi connectivity index (χ0n) is 21.5. The van der Waals surface area contributed by atoms with Gasteiger partial charge < -0.3 is 25.3 Å². The van der Waals surface area contributed by atoms with Crippen molar-refractivity contribution in [2.75, 3.05) is 38.1 Å². The highest BCUT2D eigenvalue weighted by Gasteiger charge is 2.22. The lowest BCUT2D eigenvalue weighted by molar-refractivity contribution is -0.132. The fourth-order valence-electron chi connectivity index (χ4n) is 4.47. The minimum atomic E-state index is -0.624. The van der Waals surface area contributed by atoms with Crippen LogP contribution in [0.4, 0.5) is 5.95 Å². The summed E-state index contributed by atoms with van der Waals surface area (Å²) in [6.45, 7) is 9.87. The SMILES string of the molecule is CCCn1c(NC(=O)c2cc(C)nn2CC)nc2cc(C(N)=O)cc(OCCC(=O)N3CCNCC3)c21. The number of rotatable bonds is 10. The molecule has 1 saturated heterocycles. The minimum Gasteiger partial charge on any atom is -0.491 e. The molecule has 4 N–H and O–H groups in total. The van der Waals surface area contributed by atoms with Gasteiger partial charge >= 0.3 is 0 Å². The lowest BCUT2D eigenvalue weighted by Crippen LogP contribution is -2.46. The molecule has 37 heavy (non-hydrogen) atoms. The van der Waals surface area contributed by atoms with E-state index in [-0.39, 0.29) is 30.4 Å². The van der Waals surface area contributed by atoms with Gasteiger partial charge in [-0.25, -0.2) is 4.98 Å². The first-order valence-corrected chi connectivity index (χ1v) is 12.6. The summed E-state index contributed by atoms with van der Waals surface area (Å²) in [7, 11) is 0. The minimum absolute atomic E-state index is 0.0154. The Kier molecular flexibility index (Phi) is 8.07. The summed E-state index contributed by atoms with van der Waals surface area (Å²) < 4.78 is 9.53. The molecule has 0 bridgehead atoms. The molecule has 0 atom stereocenters. The summed E-state index contributed by atoms with van der Waals surface area (Å²) in [6, 6.07) is 4.87. The molecule has 3 amide bonds. The van der Waals surface area contributed by atoms with E-state index in [1.165, 1.54) is 0 Å². The summed E-state index contributed by atoms with van der Waals surface area (Å²) in [4.78, 5) is 44.2. The number of nitrogens with zero attached hydrogens (tertiary/aromatic N) is 5. The first kappa shape index (κ1) is 26.1. The Bertz CT molecular complexity index is 1310. The lowest BCUT2D eigenvalue weighted by atomic mass is 10.1. The molecule has 198 valence electrons. The molecule has 0 spiro atoms. The monoisotopic (exact) mass is 510 g/mol. The first-order valence-electron chi connectivity index (χ1n) is 12.6. The van der Waals surface area contributed by atoms with Crippen molar-refractivity contribution in [1.29, 1.82) is 0 Å². The molecule has 4 rings (SSSR count). The van der Waals surface area contributed by atoms with Crippen molar-refractivity contribution in [3.05, 3.63) is 35.2 Å². The molecular formula is C25H34N8O4. The number of hydrogen-bond acceptors (Lipinski definition) is 7. The van der Waals surface area contributed by atoms with Crippen LogP contribution in [0.1, 0.15) is 53.2 Å². The average Bonchev–Trinajstić information content (AvgIpc) is 3.44. The fourth-order valence-corrected chi connectivity index (χ4v) is 4.47. The molecule has 0 unspecified atom stereocenters.